The first-order valence-electron chi connectivity index (χ1n) is 8.08. The molecule has 26 heavy (non-hydrogen) atoms. The Morgan fingerprint density at radius 3 is 2.65 bits per heavy atom. The molecule has 8 heteroatoms. The highest BCUT2D eigenvalue weighted by atomic mass is 79.9. The van der Waals surface area contributed by atoms with Gasteiger partial charge in [0.1, 0.15) is 12.4 Å². The van der Waals surface area contributed by atoms with E-state index in [1.54, 1.807) is 24.1 Å². The number of benzene rings is 1. The lowest BCUT2D eigenvalue weighted by molar-refractivity contribution is 0.102. The molecule has 0 saturated carbocycles. The van der Waals surface area contributed by atoms with Crippen LogP contribution >= 0.6 is 15.9 Å². The third-order valence-corrected chi connectivity index (χ3v) is 5.20. The molecule has 0 aliphatic rings. The molecule has 3 aromatic rings. The number of aryl methyl sites for hydroxylation is 2. The van der Waals surface area contributed by atoms with Crippen molar-refractivity contribution in [3.8, 4) is 5.75 Å². The molecular weight excluding hydrogens is 398 g/mol. The lowest BCUT2D eigenvalue weighted by atomic mass is 10.2. The average molecular weight is 418 g/mol. The van der Waals surface area contributed by atoms with E-state index in [9.17, 15) is 4.79 Å². The smallest absolute Gasteiger partial charge is 0.276 e. The molecule has 1 aromatic carbocycles. The Kier molecular flexibility index (Phi) is 5.13. The molecule has 0 radical (unpaired) electrons. The summed E-state index contributed by atoms with van der Waals surface area (Å²) in [5, 5.41) is 11.6. The van der Waals surface area contributed by atoms with Crippen molar-refractivity contribution in [2.45, 2.75) is 27.4 Å². The Morgan fingerprint density at radius 2 is 2.00 bits per heavy atom. The number of nitrogens with zero attached hydrogens (tertiary/aromatic N) is 4. The topological polar surface area (TPSA) is 74.0 Å². The van der Waals surface area contributed by atoms with Gasteiger partial charge in [-0.2, -0.15) is 10.2 Å². The quantitative estimate of drug-likeness (QED) is 0.688. The first-order valence-corrected chi connectivity index (χ1v) is 8.87. The van der Waals surface area contributed by atoms with Gasteiger partial charge >= 0.3 is 0 Å². The molecule has 0 bridgehead atoms. The third-order valence-electron chi connectivity index (χ3n) is 4.05. The average Bonchev–Trinajstić information content (AvgIpc) is 3.17. The zero-order chi connectivity index (χ0) is 18.8. The molecule has 3 rings (SSSR count). The van der Waals surface area contributed by atoms with Gasteiger partial charge in [-0.25, -0.2) is 4.68 Å². The summed E-state index contributed by atoms with van der Waals surface area (Å²) in [4.78, 5) is 12.5. The van der Waals surface area contributed by atoms with Gasteiger partial charge in [-0.05, 0) is 60.5 Å². The van der Waals surface area contributed by atoms with Crippen LogP contribution in [0.15, 0.2) is 34.9 Å². The van der Waals surface area contributed by atoms with E-state index in [0.717, 1.165) is 21.4 Å². The minimum Gasteiger partial charge on any atom is -0.495 e. The van der Waals surface area contributed by atoms with Crippen LogP contribution in [0.4, 0.5) is 5.69 Å². The summed E-state index contributed by atoms with van der Waals surface area (Å²) in [6, 6.07) is 7.29. The maximum Gasteiger partial charge on any atom is 0.276 e. The monoisotopic (exact) mass is 417 g/mol. The van der Waals surface area contributed by atoms with Crippen LogP contribution < -0.4 is 10.1 Å². The van der Waals surface area contributed by atoms with Crippen LogP contribution in [0.25, 0.3) is 0 Å². The predicted molar refractivity (Wildman–Crippen MR) is 103 cm³/mol. The molecule has 1 N–H and O–H groups in total. The molecular formula is C18H20BrN5O2. The zero-order valence-corrected chi connectivity index (χ0v) is 16.7. The maximum absolute atomic E-state index is 12.5. The fourth-order valence-corrected chi connectivity index (χ4v) is 2.90. The second-order valence-electron chi connectivity index (χ2n) is 6.02. The second kappa shape index (κ2) is 7.33. The van der Waals surface area contributed by atoms with E-state index in [1.807, 2.05) is 43.7 Å². The first kappa shape index (κ1) is 18.2. The van der Waals surface area contributed by atoms with Crippen LogP contribution in [0.5, 0.6) is 5.75 Å². The number of amides is 1. The molecule has 1 amide bonds. The summed E-state index contributed by atoms with van der Waals surface area (Å²) >= 11 is 3.51. The van der Waals surface area contributed by atoms with E-state index in [4.69, 9.17) is 4.74 Å². The normalized spacial score (nSPS) is 10.8. The van der Waals surface area contributed by atoms with Gasteiger partial charge in [0.25, 0.3) is 5.91 Å². The number of hydrogen-bond donors (Lipinski definition) is 1. The zero-order valence-electron chi connectivity index (χ0n) is 15.1. The number of ether oxygens (including phenoxy) is 1. The fraction of sp³-hybridized carbons (Fsp3) is 0.278. The van der Waals surface area contributed by atoms with Crippen molar-refractivity contribution in [2.24, 2.45) is 0 Å². The highest BCUT2D eigenvalue weighted by Crippen LogP contribution is 2.25. The van der Waals surface area contributed by atoms with Gasteiger partial charge in [-0.15, -0.1) is 0 Å². The summed E-state index contributed by atoms with van der Waals surface area (Å²) in [7, 11) is 1.57. The molecule has 0 atom stereocenters. The van der Waals surface area contributed by atoms with Crippen molar-refractivity contribution < 1.29 is 9.53 Å². The molecule has 136 valence electrons. The summed E-state index contributed by atoms with van der Waals surface area (Å²) in [6.45, 7) is 6.30. The van der Waals surface area contributed by atoms with Gasteiger partial charge in [0.05, 0.1) is 28.7 Å². The Morgan fingerprint density at radius 1 is 1.23 bits per heavy atom. The van der Waals surface area contributed by atoms with Gasteiger partial charge in [-0.1, -0.05) is 6.07 Å². The fourth-order valence-electron chi connectivity index (χ4n) is 2.62. The number of rotatable bonds is 5. The van der Waals surface area contributed by atoms with Gasteiger partial charge in [0, 0.05) is 6.20 Å². The lowest BCUT2D eigenvalue weighted by Crippen LogP contribution is -2.16. The van der Waals surface area contributed by atoms with Crippen molar-refractivity contribution in [3.05, 3.63) is 57.6 Å². The molecule has 7 nitrogen and oxygen atoms in total. The first-order chi connectivity index (χ1) is 12.4. The molecule has 0 saturated heterocycles. The maximum atomic E-state index is 12.5. The number of nitrogens with one attached hydrogen (secondary N) is 1. The Bertz CT molecular complexity index is 961. The van der Waals surface area contributed by atoms with Crippen LogP contribution in [-0.2, 0) is 6.67 Å². The summed E-state index contributed by atoms with van der Waals surface area (Å²) in [5.74, 6) is 0.318. The van der Waals surface area contributed by atoms with E-state index < -0.39 is 0 Å². The number of anilines is 1. The van der Waals surface area contributed by atoms with Crippen LogP contribution in [0.3, 0.4) is 0 Å². The highest BCUT2D eigenvalue weighted by Gasteiger charge is 2.14. The molecule has 0 aliphatic carbocycles. The number of carbonyl (C=O) groups is 1. The van der Waals surface area contributed by atoms with Crippen LogP contribution in [0.1, 0.15) is 27.4 Å². The van der Waals surface area contributed by atoms with Crippen molar-refractivity contribution >= 4 is 27.5 Å². The summed E-state index contributed by atoms with van der Waals surface area (Å²) in [6.07, 6.45) is 1.76. The van der Waals surface area contributed by atoms with Gasteiger partial charge in [0.2, 0.25) is 0 Å². The number of aromatic nitrogens is 4. The molecule has 0 aliphatic heterocycles. The Balaban J connectivity index is 1.76. The number of halogens is 1. The molecule has 2 heterocycles. The minimum absolute atomic E-state index is 0.290. The summed E-state index contributed by atoms with van der Waals surface area (Å²) < 4.78 is 9.78. The SMILES string of the molecule is COc1ccc(C)cc1NC(=O)c1ccn(Cn2nc(C)c(Br)c2C)n1. The Hall–Kier alpha value is -2.61. The molecule has 0 unspecified atom stereocenters. The number of carbonyl (C=O) groups excluding carboxylic acids is 1. The van der Waals surface area contributed by atoms with Crippen LogP contribution in [0, 0.1) is 20.8 Å². The van der Waals surface area contributed by atoms with E-state index in [-0.39, 0.29) is 5.91 Å². The molecule has 2 aromatic heterocycles. The largest absolute Gasteiger partial charge is 0.495 e. The van der Waals surface area contributed by atoms with Crippen molar-refractivity contribution in [2.75, 3.05) is 12.4 Å². The number of hydrogen-bond acceptors (Lipinski definition) is 4. The minimum atomic E-state index is -0.290. The lowest BCUT2D eigenvalue weighted by Gasteiger charge is -2.10. The van der Waals surface area contributed by atoms with Gasteiger partial charge in [0.15, 0.2) is 5.69 Å². The van der Waals surface area contributed by atoms with E-state index in [0.29, 0.717) is 23.8 Å². The second-order valence-corrected chi connectivity index (χ2v) is 6.82. The predicted octanol–water partition coefficient (Wildman–Crippen LogP) is 3.53. The van der Waals surface area contributed by atoms with Crippen molar-refractivity contribution in [1.82, 2.24) is 19.6 Å². The van der Waals surface area contributed by atoms with Crippen molar-refractivity contribution in [1.29, 1.82) is 0 Å². The molecule has 0 fully saturated rings. The third kappa shape index (κ3) is 3.65. The van der Waals surface area contributed by atoms with Gasteiger partial charge < -0.3 is 10.1 Å². The van der Waals surface area contributed by atoms with Crippen molar-refractivity contribution in [3.63, 3.8) is 0 Å². The van der Waals surface area contributed by atoms with E-state index in [2.05, 4.69) is 31.4 Å². The van der Waals surface area contributed by atoms with Gasteiger partial charge in [-0.3, -0.25) is 9.48 Å². The number of methoxy groups -OCH3 is 1. The van der Waals surface area contributed by atoms with E-state index >= 15 is 0 Å². The van der Waals surface area contributed by atoms with Crippen LogP contribution in [0.2, 0.25) is 0 Å². The Labute approximate surface area is 160 Å². The molecule has 0 spiro atoms. The standard InChI is InChI=1S/C18H20BrN5O2/c1-11-5-6-16(26-4)15(9-11)20-18(25)14-7-8-23(22-14)10-24-13(3)17(19)12(2)21-24/h5-9H,10H2,1-4H3,(H,20,25). The van der Waals surface area contributed by atoms with Crippen LogP contribution in [-0.4, -0.2) is 32.6 Å². The highest BCUT2D eigenvalue weighted by molar-refractivity contribution is 9.10. The summed E-state index contributed by atoms with van der Waals surface area (Å²) in [5.41, 5.74) is 3.90. The van der Waals surface area contributed by atoms with E-state index in [1.165, 1.54) is 0 Å².